The molecule has 0 atom stereocenters. The Bertz CT molecular complexity index is 283. The Morgan fingerprint density at radius 1 is 1.36 bits per heavy atom. The molecule has 1 aromatic carbocycles. The fourth-order valence-corrected chi connectivity index (χ4v) is 1.02. The number of hydrogen-bond acceptors (Lipinski definition) is 3. The maximum atomic E-state index is 5.12. The van der Waals surface area contributed by atoms with Gasteiger partial charge >= 0.3 is 0 Å². The maximum absolute atomic E-state index is 5.12. The summed E-state index contributed by atoms with van der Waals surface area (Å²) in [7, 11) is 1.89. The van der Waals surface area contributed by atoms with Crippen molar-refractivity contribution in [2.24, 2.45) is 5.16 Å². The zero-order valence-corrected chi connectivity index (χ0v) is 8.66. The topological polar surface area (TPSA) is 33.6 Å². The van der Waals surface area contributed by atoms with Crippen molar-refractivity contribution >= 4 is 5.71 Å². The van der Waals surface area contributed by atoms with Crippen molar-refractivity contribution in [3.05, 3.63) is 35.9 Å². The first-order chi connectivity index (χ1) is 6.84. The number of benzene rings is 1. The van der Waals surface area contributed by atoms with Crippen LogP contribution < -0.4 is 5.32 Å². The van der Waals surface area contributed by atoms with Crippen molar-refractivity contribution in [3.63, 3.8) is 0 Å². The Hall–Kier alpha value is -1.35. The van der Waals surface area contributed by atoms with Crippen molar-refractivity contribution in [3.8, 4) is 0 Å². The van der Waals surface area contributed by atoms with Crippen LogP contribution in [0.5, 0.6) is 0 Å². The van der Waals surface area contributed by atoms with E-state index in [4.69, 9.17) is 4.84 Å². The largest absolute Gasteiger partial charge is 0.394 e. The number of nitrogens with zero attached hydrogens (tertiary/aromatic N) is 1. The molecule has 3 nitrogen and oxygen atoms in total. The zero-order chi connectivity index (χ0) is 10.2. The molecule has 1 rings (SSSR count). The smallest absolute Gasteiger partial charge is 0.129 e. The van der Waals surface area contributed by atoms with E-state index in [1.165, 1.54) is 0 Å². The highest BCUT2D eigenvalue weighted by molar-refractivity contribution is 5.98. The Labute approximate surface area is 84.8 Å². The molecular weight excluding hydrogens is 176 g/mol. The van der Waals surface area contributed by atoms with Crippen LogP contribution in [0, 0.1) is 0 Å². The van der Waals surface area contributed by atoms with Crippen molar-refractivity contribution in [1.29, 1.82) is 0 Å². The Kier molecular flexibility index (Phi) is 4.72. The minimum absolute atomic E-state index is 0.598. The average Bonchev–Trinajstić information content (AvgIpc) is 2.25. The van der Waals surface area contributed by atoms with Crippen LogP contribution in [0.2, 0.25) is 0 Å². The number of oxime groups is 1. The fourth-order valence-electron chi connectivity index (χ4n) is 1.02. The first kappa shape index (κ1) is 10.7. The summed E-state index contributed by atoms with van der Waals surface area (Å²) >= 11 is 0. The van der Waals surface area contributed by atoms with Gasteiger partial charge in [-0.1, -0.05) is 35.5 Å². The van der Waals surface area contributed by atoms with Crippen LogP contribution in [0.15, 0.2) is 35.5 Å². The number of hydrogen-bond donors (Lipinski definition) is 1. The second-order valence-electron chi connectivity index (χ2n) is 2.98. The highest BCUT2D eigenvalue weighted by atomic mass is 16.6. The van der Waals surface area contributed by atoms with Gasteiger partial charge in [0.15, 0.2) is 0 Å². The summed E-state index contributed by atoms with van der Waals surface area (Å²) in [6.07, 6.45) is 0. The molecule has 1 aromatic rings. The lowest BCUT2D eigenvalue weighted by Crippen LogP contribution is -2.13. The van der Waals surface area contributed by atoms with Gasteiger partial charge < -0.3 is 10.2 Å². The molecule has 0 unspecified atom stereocenters. The van der Waals surface area contributed by atoms with Gasteiger partial charge in [-0.25, -0.2) is 0 Å². The van der Waals surface area contributed by atoms with Gasteiger partial charge in [-0.3, -0.25) is 0 Å². The SMILES string of the molecule is CNCCO/N=C(\C)c1ccccc1. The molecular formula is C11H16N2O. The van der Waals surface area contributed by atoms with E-state index in [-0.39, 0.29) is 0 Å². The maximum Gasteiger partial charge on any atom is 0.129 e. The fraction of sp³-hybridized carbons (Fsp3) is 0.364. The lowest BCUT2D eigenvalue weighted by Gasteiger charge is -2.01. The number of rotatable bonds is 5. The molecule has 0 saturated heterocycles. The zero-order valence-electron chi connectivity index (χ0n) is 8.66. The lowest BCUT2D eigenvalue weighted by molar-refractivity contribution is 0.147. The van der Waals surface area contributed by atoms with E-state index in [9.17, 15) is 0 Å². The van der Waals surface area contributed by atoms with Crippen LogP contribution >= 0.6 is 0 Å². The molecule has 0 fully saturated rings. The average molecular weight is 192 g/mol. The van der Waals surface area contributed by atoms with Gasteiger partial charge in [0, 0.05) is 6.54 Å². The van der Waals surface area contributed by atoms with E-state index >= 15 is 0 Å². The van der Waals surface area contributed by atoms with Crippen LogP contribution in [0.4, 0.5) is 0 Å². The van der Waals surface area contributed by atoms with Crippen LogP contribution in [0.1, 0.15) is 12.5 Å². The molecule has 76 valence electrons. The molecule has 14 heavy (non-hydrogen) atoms. The third-order valence-corrected chi connectivity index (χ3v) is 1.84. The molecule has 1 N–H and O–H groups in total. The first-order valence-corrected chi connectivity index (χ1v) is 4.71. The molecule has 0 aliphatic rings. The quantitative estimate of drug-likeness (QED) is 0.437. The van der Waals surface area contributed by atoms with Crippen LogP contribution in [-0.2, 0) is 4.84 Å². The molecule has 0 heterocycles. The van der Waals surface area contributed by atoms with Crippen molar-refractivity contribution in [1.82, 2.24) is 5.32 Å². The lowest BCUT2D eigenvalue weighted by atomic mass is 10.1. The van der Waals surface area contributed by atoms with E-state index in [0.717, 1.165) is 17.8 Å². The van der Waals surface area contributed by atoms with E-state index in [1.54, 1.807) is 0 Å². The van der Waals surface area contributed by atoms with Crippen LogP contribution in [0.25, 0.3) is 0 Å². The van der Waals surface area contributed by atoms with Crippen LogP contribution in [-0.4, -0.2) is 25.9 Å². The molecule has 0 aliphatic heterocycles. The Balaban J connectivity index is 2.44. The third-order valence-electron chi connectivity index (χ3n) is 1.84. The predicted octanol–water partition coefficient (Wildman–Crippen LogP) is 1.65. The number of likely N-dealkylation sites (N-methyl/N-ethyl adjacent to an activating group) is 1. The minimum atomic E-state index is 0.598. The summed E-state index contributed by atoms with van der Waals surface area (Å²) < 4.78 is 0. The molecule has 0 aromatic heterocycles. The molecule has 0 saturated carbocycles. The van der Waals surface area contributed by atoms with E-state index in [2.05, 4.69) is 10.5 Å². The van der Waals surface area contributed by atoms with Crippen molar-refractivity contribution < 1.29 is 4.84 Å². The standard InChI is InChI=1S/C11H16N2O/c1-10(13-14-9-8-12-2)11-6-4-3-5-7-11/h3-7,12H,8-9H2,1-2H3/b13-10+. The predicted molar refractivity (Wildman–Crippen MR) is 58.5 cm³/mol. The van der Waals surface area contributed by atoms with Gasteiger partial charge in [0.1, 0.15) is 6.61 Å². The number of nitrogens with one attached hydrogen (secondary N) is 1. The van der Waals surface area contributed by atoms with Gasteiger partial charge in [0.25, 0.3) is 0 Å². The summed E-state index contributed by atoms with van der Waals surface area (Å²) in [5.74, 6) is 0. The van der Waals surface area contributed by atoms with E-state index < -0.39 is 0 Å². The third kappa shape index (κ3) is 3.58. The highest BCUT2D eigenvalue weighted by Gasteiger charge is 1.94. The first-order valence-electron chi connectivity index (χ1n) is 4.71. The monoisotopic (exact) mass is 192 g/mol. The molecule has 0 radical (unpaired) electrons. The van der Waals surface area contributed by atoms with E-state index in [1.807, 2.05) is 44.3 Å². The molecule has 0 aliphatic carbocycles. The van der Waals surface area contributed by atoms with E-state index in [0.29, 0.717) is 6.61 Å². The molecule has 0 bridgehead atoms. The Morgan fingerprint density at radius 3 is 2.71 bits per heavy atom. The van der Waals surface area contributed by atoms with Gasteiger partial charge in [-0.15, -0.1) is 0 Å². The molecule has 0 spiro atoms. The normalized spacial score (nSPS) is 11.4. The van der Waals surface area contributed by atoms with Crippen molar-refractivity contribution in [2.75, 3.05) is 20.2 Å². The van der Waals surface area contributed by atoms with Crippen molar-refractivity contribution in [2.45, 2.75) is 6.92 Å². The summed E-state index contributed by atoms with van der Waals surface area (Å²) in [6, 6.07) is 9.99. The van der Waals surface area contributed by atoms with Crippen LogP contribution in [0.3, 0.4) is 0 Å². The highest BCUT2D eigenvalue weighted by Crippen LogP contribution is 2.00. The summed E-state index contributed by atoms with van der Waals surface area (Å²) in [6.45, 7) is 3.35. The molecule has 3 heteroatoms. The summed E-state index contributed by atoms with van der Waals surface area (Å²) in [5, 5.41) is 7.00. The Morgan fingerprint density at radius 2 is 2.07 bits per heavy atom. The molecule has 0 amide bonds. The summed E-state index contributed by atoms with van der Waals surface area (Å²) in [5.41, 5.74) is 2.00. The van der Waals surface area contributed by atoms with Gasteiger partial charge in [0.05, 0.1) is 5.71 Å². The summed E-state index contributed by atoms with van der Waals surface area (Å²) in [4.78, 5) is 5.12. The van der Waals surface area contributed by atoms with Gasteiger partial charge in [-0.05, 0) is 19.5 Å². The second kappa shape index (κ2) is 6.16. The minimum Gasteiger partial charge on any atom is -0.394 e. The van der Waals surface area contributed by atoms with Gasteiger partial charge in [-0.2, -0.15) is 0 Å². The second-order valence-corrected chi connectivity index (χ2v) is 2.98. The van der Waals surface area contributed by atoms with Gasteiger partial charge in [0.2, 0.25) is 0 Å².